The number of fused-ring (bicyclic) bond motifs is 1. The molecule has 0 aliphatic carbocycles. The molecular formula is C22H24N6O3. The maximum Gasteiger partial charge on any atom is 0.353 e. The molecule has 0 atom stereocenters. The number of aliphatic hydroxyl groups is 2. The highest BCUT2D eigenvalue weighted by atomic mass is 16.3. The van der Waals surface area contributed by atoms with Gasteiger partial charge in [0.2, 0.25) is 5.95 Å². The number of pyridine rings is 1. The van der Waals surface area contributed by atoms with Crippen LogP contribution in [-0.4, -0.2) is 47.6 Å². The van der Waals surface area contributed by atoms with Gasteiger partial charge in [0.05, 0.1) is 17.8 Å². The molecule has 4 rings (SSSR count). The van der Waals surface area contributed by atoms with E-state index in [-0.39, 0.29) is 25.7 Å². The summed E-state index contributed by atoms with van der Waals surface area (Å²) in [5.74, 6) is -0.500. The highest BCUT2D eigenvalue weighted by Crippen LogP contribution is 2.34. The van der Waals surface area contributed by atoms with E-state index in [1.807, 2.05) is 56.3 Å². The van der Waals surface area contributed by atoms with Crippen LogP contribution in [0.3, 0.4) is 0 Å². The molecule has 0 saturated carbocycles. The number of aryl methyl sites for hydroxylation is 2. The summed E-state index contributed by atoms with van der Waals surface area (Å²) in [6, 6.07) is 13.4. The minimum absolute atomic E-state index is 0.0147. The summed E-state index contributed by atoms with van der Waals surface area (Å²) in [6.07, 6.45) is 0. The normalized spacial score (nSPS) is 11.5. The summed E-state index contributed by atoms with van der Waals surface area (Å²) in [5.41, 5.74) is 10.7. The van der Waals surface area contributed by atoms with E-state index in [9.17, 15) is 15.0 Å². The summed E-state index contributed by atoms with van der Waals surface area (Å²) in [5, 5.41) is 23.4. The lowest BCUT2D eigenvalue weighted by molar-refractivity contribution is 0.133. The molecule has 0 amide bonds. The molecule has 0 aliphatic rings. The van der Waals surface area contributed by atoms with Gasteiger partial charge in [-0.25, -0.2) is 18.9 Å². The molecule has 0 spiro atoms. The van der Waals surface area contributed by atoms with E-state index in [4.69, 9.17) is 5.73 Å². The minimum atomic E-state index is -0.515. The van der Waals surface area contributed by atoms with Crippen LogP contribution in [-0.2, 0) is 6.54 Å². The Kier molecular flexibility index (Phi) is 5.53. The van der Waals surface area contributed by atoms with Gasteiger partial charge < -0.3 is 15.9 Å². The number of aliphatic hydroxyl groups excluding tert-OH is 2. The summed E-state index contributed by atoms with van der Waals surface area (Å²) >= 11 is 0. The number of hydrogen-bond acceptors (Lipinski definition) is 7. The van der Waals surface area contributed by atoms with Gasteiger partial charge in [0.25, 0.3) is 0 Å². The fraction of sp³-hybridized carbons (Fsp3) is 0.273. The van der Waals surface area contributed by atoms with Crippen molar-refractivity contribution in [2.45, 2.75) is 20.4 Å². The van der Waals surface area contributed by atoms with Gasteiger partial charge in [0.15, 0.2) is 5.65 Å². The fourth-order valence-corrected chi connectivity index (χ4v) is 3.69. The molecule has 0 bridgehead atoms. The Balaban J connectivity index is 2.07. The zero-order valence-electron chi connectivity index (χ0n) is 17.4. The quantitative estimate of drug-likeness (QED) is 0.430. The molecule has 4 N–H and O–H groups in total. The fourth-order valence-electron chi connectivity index (χ4n) is 3.69. The summed E-state index contributed by atoms with van der Waals surface area (Å²) < 4.78 is 2.47. The Hall–Kier alpha value is -3.56. The van der Waals surface area contributed by atoms with Crippen molar-refractivity contribution >= 4 is 11.6 Å². The van der Waals surface area contributed by atoms with E-state index in [1.54, 1.807) is 0 Å². The molecule has 0 saturated heterocycles. The van der Waals surface area contributed by atoms with Gasteiger partial charge in [0.1, 0.15) is 0 Å². The Bertz CT molecular complexity index is 1270. The number of nitrogens with zero attached hydrogens (tertiary/aromatic N) is 5. The Morgan fingerprint density at radius 2 is 1.65 bits per heavy atom. The first-order chi connectivity index (χ1) is 14.9. The van der Waals surface area contributed by atoms with Gasteiger partial charge in [-0.3, -0.25) is 4.98 Å². The molecule has 0 radical (unpaired) electrons. The number of benzene rings is 1. The van der Waals surface area contributed by atoms with Crippen LogP contribution in [0.25, 0.3) is 28.0 Å². The predicted octanol–water partition coefficient (Wildman–Crippen LogP) is 1.42. The van der Waals surface area contributed by atoms with Crippen LogP contribution in [0.5, 0.6) is 0 Å². The zero-order valence-corrected chi connectivity index (χ0v) is 17.4. The first-order valence-electron chi connectivity index (χ1n) is 9.94. The van der Waals surface area contributed by atoms with Gasteiger partial charge in [0, 0.05) is 36.1 Å². The van der Waals surface area contributed by atoms with Gasteiger partial charge in [-0.2, -0.15) is 0 Å². The largest absolute Gasteiger partial charge is 0.396 e. The van der Waals surface area contributed by atoms with Crippen molar-refractivity contribution in [3.05, 3.63) is 64.3 Å². The molecule has 9 heteroatoms. The SMILES string of the molecule is Cc1cc(-c2c(-c3ccccc3)nc(N)n3c(=O)n(CC(CO)CO)nc23)cc(C)n1. The van der Waals surface area contributed by atoms with Crippen molar-refractivity contribution < 1.29 is 10.2 Å². The van der Waals surface area contributed by atoms with Crippen LogP contribution in [0.15, 0.2) is 47.3 Å². The van der Waals surface area contributed by atoms with E-state index < -0.39 is 11.6 Å². The average molecular weight is 420 g/mol. The standard InChI is InChI=1S/C22H24N6O3/c1-13-8-17(9-14(2)24-13)18-19(16-6-4-3-5-7-16)25-21(23)28-20(18)26-27(22(28)31)10-15(11-29)12-30/h3-9,15,29-30H,10-12H2,1-2H3,(H2,23,25). The molecule has 160 valence electrons. The van der Waals surface area contributed by atoms with Crippen LogP contribution in [0.4, 0.5) is 5.95 Å². The third kappa shape index (κ3) is 3.80. The van der Waals surface area contributed by atoms with Crippen molar-refractivity contribution in [3.63, 3.8) is 0 Å². The maximum atomic E-state index is 13.0. The number of nitrogens with two attached hydrogens (primary N) is 1. The van der Waals surface area contributed by atoms with E-state index in [0.29, 0.717) is 16.9 Å². The number of rotatable bonds is 6. The zero-order chi connectivity index (χ0) is 22.1. The average Bonchev–Trinajstić information content (AvgIpc) is 3.08. The first-order valence-corrected chi connectivity index (χ1v) is 9.94. The minimum Gasteiger partial charge on any atom is -0.396 e. The second-order valence-electron chi connectivity index (χ2n) is 7.55. The summed E-state index contributed by atoms with van der Waals surface area (Å²) in [7, 11) is 0. The summed E-state index contributed by atoms with van der Waals surface area (Å²) in [4.78, 5) is 22.1. The van der Waals surface area contributed by atoms with Crippen molar-refractivity contribution in [2.24, 2.45) is 5.92 Å². The van der Waals surface area contributed by atoms with Crippen molar-refractivity contribution in [1.82, 2.24) is 24.1 Å². The highest BCUT2D eigenvalue weighted by molar-refractivity contribution is 5.90. The van der Waals surface area contributed by atoms with Crippen molar-refractivity contribution in [1.29, 1.82) is 0 Å². The predicted molar refractivity (Wildman–Crippen MR) is 117 cm³/mol. The molecule has 3 aromatic heterocycles. The Labute approximate surface area is 178 Å². The molecule has 0 aliphatic heterocycles. The van der Waals surface area contributed by atoms with E-state index >= 15 is 0 Å². The molecule has 0 fully saturated rings. The van der Waals surface area contributed by atoms with Crippen LogP contribution in [0, 0.1) is 19.8 Å². The molecule has 9 nitrogen and oxygen atoms in total. The number of hydrogen-bond donors (Lipinski definition) is 3. The number of nitrogen functional groups attached to an aromatic ring is 1. The Morgan fingerprint density at radius 3 is 2.26 bits per heavy atom. The number of aromatic nitrogens is 5. The first kappa shape index (κ1) is 20.7. The monoisotopic (exact) mass is 420 g/mol. The Morgan fingerprint density at radius 1 is 1.00 bits per heavy atom. The third-order valence-electron chi connectivity index (χ3n) is 5.12. The highest BCUT2D eigenvalue weighted by Gasteiger charge is 2.22. The third-order valence-corrected chi connectivity index (χ3v) is 5.12. The van der Waals surface area contributed by atoms with Crippen LogP contribution >= 0.6 is 0 Å². The second-order valence-corrected chi connectivity index (χ2v) is 7.55. The van der Waals surface area contributed by atoms with Gasteiger partial charge >= 0.3 is 5.69 Å². The topological polar surface area (TPSA) is 132 Å². The molecule has 31 heavy (non-hydrogen) atoms. The molecule has 0 unspecified atom stereocenters. The lowest BCUT2D eigenvalue weighted by Crippen LogP contribution is -2.28. The molecule has 4 aromatic rings. The van der Waals surface area contributed by atoms with E-state index in [1.165, 1.54) is 9.08 Å². The van der Waals surface area contributed by atoms with Crippen molar-refractivity contribution in [3.8, 4) is 22.4 Å². The van der Waals surface area contributed by atoms with Gasteiger partial charge in [-0.1, -0.05) is 30.3 Å². The molecule has 1 aromatic carbocycles. The van der Waals surface area contributed by atoms with Crippen LogP contribution < -0.4 is 11.4 Å². The van der Waals surface area contributed by atoms with Crippen LogP contribution in [0.2, 0.25) is 0 Å². The van der Waals surface area contributed by atoms with Gasteiger partial charge in [-0.05, 0) is 31.5 Å². The van der Waals surface area contributed by atoms with Gasteiger partial charge in [-0.15, -0.1) is 5.10 Å². The molecular weight excluding hydrogens is 396 g/mol. The number of anilines is 1. The molecule has 3 heterocycles. The van der Waals surface area contributed by atoms with E-state index in [0.717, 1.165) is 22.5 Å². The lowest BCUT2D eigenvalue weighted by Gasteiger charge is -2.13. The van der Waals surface area contributed by atoms with E-state index in [2.05, 4.69) is 15.1 Å². The second kappa shape index (κ2) is 8.29. The lowest BCUT2D eigenvalue weighted by atomic mass is 9.99. The maximum absolute atomic E-state index is 13.0. The summed E-state index contributed by atoms with van der Waals surface area (Å²) in [6.45, 7) is 3.32. The van der Waals surface area contributed by atoms with Crippen LogP contribution in [0.1, 0.15) is 11.4 Å². The smallest absolute Gasteiger partial charge is 0.353 e. The van der Waals surface area contributed by atoms with Crippen molar-refractivity contribution in [2.75, 3.05) is 18.9 Å².